The van der Waals surface area contributed by atoms with Gasteiger partial charge in [0.2, 0.25) is 0 Å². The molecule has 0 fully saturated rings. The Hall–Kier alpha value is -0.940. The number of nitrogens with two attached hydrogens (primary N) is 1. The van der Waals surface area contributed by atoms with Crippen LogP contribution in [0.2, 0.25) is 0 Å². The maximum Gasteiger partial charge on any atom is 0.159 e. The molecule has 1 aromatic heterocycles. The predicted molar refractivity (Wildman–Crippen MR) is 44.3 cm³/mol. The SMILES string of the molecule is CCn1c(CN)nnc1COC. The molecule has 0 aliphatic carbocycles. The Morgan fingerprint density at radius 3 is 2.58 bits per heavy atom. The van der Waals surface area contributed by atoms with Crippen LogP contribution in [0.15, 0.2) is 0 Å². The quantitative estimate of drug-likeness (QED) is 0.685. The summed E-state index contributed by atoms with van der Waals surface area (Å²) >= 11 is 0. The normalized spacial score (nSPS) is 10.6. The van der Waals surface area contributed by atoms with Crippen LogP contribution in [0.3, 0.4) is 0 Å². The second kappa shape index (κ2) is 4.18. The van der Waals surface area contributed by atoms with Crippen LogP contribution >= 0.6 is 0 Å². The van der Waals surface area contributed by atoms with Gasteiger partial charge in [-0.25, -0.2) is 0 Å². The molecule has 1 rings (SSSR count). The highest BCUT2D eigenvalue weighted by molar-refractivity contribution is 4.93. The highest BCUT2D eigenvalue weighted by atomic mass is 16.5. The van der Waals surface area contributed by atoms with Crippen molar-refractivity contribution in [2.45, 2.75) is 26.6 Å². The van der Waals surface area contributed by atoms with Gasteiger partial charge in [0, 0.05) is 13.7 Å². The summed E-state index contributed by atoms with van der Waals surface area (Å²) in [6, 6.07) is 0. The molecule has 0 amide bonds. The van der Waals surface area contributed by atoms with Crippen molar-refractivity contribution in [3.8, 4) is 0 Å². The first-order valence-electron chi connectivity index (χ1n) is 3.93. The van der Waals surface area contributed by atoms with E-state index in [1.54, 1.807) is 7.11 Å². The third kappa shape index (κ3) is 1.62. The highest BCUT2D eigenvalue weighted by Gasteiger charge is 2.07. The van der Waals surface area contributed by atoms with E-state index in [1.165, 1.54) is 0 Å². The first-order chi connectivity index (χ1) is 5.83. The Balaban J connectivity index is 2.88. The zero-order chi connectivity index (χ0) is 8.97. The van der Waals surface area contributed by atoms with Crippen molar-refractivity contribution in [2.24, 2.45) is 5.73 Å². The Morgan fingerprint density at radius 1 is 1.42 bits per heavy atom. The van der Waals surface area contributed by atoms with Crippen LogP contribution in [0.4, 0.5) is 0 Å². The molecule has 0 aliphatic heterocycles. The average Bonchev–Trinajstić information content (AvgIpc) is 2.47. The first-order valence-corrected chi connectivity index (χ1v) is 3.93. The van der Waals surface area contributed by atoms with Gasteiger partial charge < -0.3 is 15.0 Å². The Bertz CT molecular complexity index is 246. The van der Waals surface area contributed by atoms with E-state index in [0.29, 0.717) is 13.2 Å². The van der Waals surface area contributed by atoms with Crippen LogP contribution in [0.25, 0.3) is 0 Å². The molecule has 0 bridgehead atoms. The van der Waals surface area contributed by atoms with Gasteiger partial charge in [0.15, 0.2) is 5.82 Å². The Morgan fingerprint density at radius 2 is 2.08 bits per heavy atom. The molecule has 0 radical (unpaired) electrons. The van der Waals surface area contributed by atoms with Gasteiger partial charge in [-0.15, -0.1) is 10.2 Å². The van der Waals surface area contributed by atoms with Crippen molar-refractivity contribution in [3.63, 3.8) is 0 Å². The summed E-state index contributed by atoms with van der Waals surface area (Å²) in [5.41, 5.74) is 5.47. The molecule has 1 heterocycles. The molecule has 5 nitrogen and oxygen atoms in total. The zero-order valence-corrected chi connectivity index (χ0v) is 7.45. The van der Waals surface area contributed by atoms with Crippen molar-refractivity contribution < 1.29 is 4.74 Å². The number of nitrogens with zero attached hydrogens (tertiary/aromatic N) is 3. The lowest BCUT2D eigenvalue weighted by molar-refractivity contribution is 0.174. The van der Waals surface area contributed by atoms with E-state index in [2.05, 4.69) is 10.2 Å². The number of ether oxygens (including phenoxy) is 1. The van der Waals surface area contributed by atoms with Gasteiger partial charge in [-0.05, 0) is 6.92 Å². The Labute approximate surface area is 71.5 Å². The van der Waals surface area contributed by atoms with Gasteiger partial charge in [-0.3, -0.25) is 0 Å². The van der Waals surface area contributed by atoms with Crippen molar-refractivity contribution in [1.82, 2.24) is 14.8 Å². The fourth-order valence-corrected chi connectivity index (χ4v) is 1.12. The monoisotopic (exact) mass is 170 g/mol. The van der Waals surface area contributed by atoms with Crippen LogP contribution in [0, 0.1) is 0 Å². The maximum absolute atomic E-state index is 5.47. The van der Waals surface area contributed by atoms with Crippen LogP contribution in [0.5, 0.6) is 0 Å². The molecule has 0 saturated heterocycles. The topological polar surface area (TPSA) is 66.0 Å². The van der Waals surface area contributed by atoms with Gasteiger partial charge in [-0.1, -0.05) is 0 Å². The number of aromatic nitrogens is 3. The standard InChI is InChI=1S/C7H14N4O/c1-3-11-6(4-8)9-10-7(11)5-12-2/h3-5,8H2,1-2H3. The smallest absolute Gasteiger partial charge is 0.159 e. The second-order valence-corrected chi connectivity index (χ2v) is 2.41. The zero-order valence-electron chi connectivity index (χ0n) is 7.45. The van der Waals surface area contributed by atoms with E-state index < -0.39 is 0 Å². The van der Waals surface area contributed by atoms with Gasteiger partial charge >= 0.3 is 0 Å². The summed E-state index contributed by atoms with van der Waals surface area (Å²) in [6.45, 7) is 3.77. The molecule has 5 heteroatoms. The summed E-state index contributed by atoms with van der Waals surface area (Å²) in [7, 11) is 1.64. The minimum Gasteiger partial charge on any atom is -0.377 e. The highest BCUT2D eigenvalue weighted by Crippen LogP contribution is 2.02. The van der Waals surface area contributed by atoms with E-state index >= 15 is 0 Å². The van der Waals surface area contributed by atoms with E-state index in [0.717, 1.165) is 18.2 Å². The Kier molecular flexibility index (Phi) is 3.19. The van der Waals surface area contributed by atoms with Crippen LogP contribution in [-0.2, 0) is 24.4 Å². The van der Waals surface area contributed by atoms with Crippen molar-refractivity contribution in [1.29, 1.82) is 0 Å². The van der Waals surface area contributed by atoms with E-state index in [-0.39, 0.29) is 0 Å². The predicted octanol–water partition coefficient (Wildman–Crippen LogP) is -0.0969. The van der Waals surface area contributed by atoms with Gasteiger partial charge in [0.1, 0.15) is 12.4 Å². The molecule has 0 aliphatic rings. The fourth-order valence-electron chi connectivity index (χ4n) is 1.12. The van der Waals surface area contributed by atoms with E-state index in [4.69, 9.17) is 10.5 Å². The molecular formula is C7H14N4O. The maximum atomic E-state index is 5.47. The van der Waals surface area contributed by atoms with Gasteiger partial charge in [-0.2, -0.15) is 0 Å². The molecule has 12 heavy (non-hydrogen) atoms. The summed E-state index contributed by atoms with van der Waals surface area (Å²) < 4.78 is 6.93. The molecule has 68 valence electrons. The lowest BCUT2D eigenvalue weighted by atomic mass is 10.5. The van der Waals surface area contributed by atoms with E-state index in [9.17, 15) is 0 Å². The van der Waals surface area contributed by atoms with Crippen LogP contribution < -0.4 is 5.73 Å². The van der Waals surface area contributed by atoms with Crippen molar-refractivity contribution in [3.05, 3.63) is 11.6 Å². The molecule has 0 unspecified atom stereocenters. The number of hydrogen-bond acceptors (Lipinski definition) is 4. The average molecular weight is 170 g/mol. The van der Waals surface area contributed by atoms with Crippen molar-refractivity contribution in [2.75, 3.05) is 7.11 Å². The first kappa shape index (κ1) is 9.15. The molecule has 0 atom stereocenters. The number of hydrogen-bond donors (Lipinski definition) is 1. The molecular weight excluding hydrogens is 156 g/mol. The summed E-state index contributed by atoms with van der Waals surface area (Å²) in [4.78, 5) is 0. The molecule has 2 N–H and O–H groups in total. The summed E-state index contributed by atoms with van der Waals surface area (Å²) in [5, 5.41) is 7.89. The lowest BCUT2D eigenvalue weighted by Crippen LogP contribution is -2.10. The third-order valence-electron chi connectivity index (χ3n) is 1.68. The van der Waals surface area contributed by atoms with Gasteiger partial charge in [0.25, 0.3) is 0 Å². The minimum atomic E-state index is 0.421. The minimum absolute atomic E-state index is 0.421. The molecule has 0 spiro atoms. The van der Waals surface area contributed by atoms with Crippen LogP contribution in [-0.4, -0.2) is 21.9 Å². The summed E-state index contributed by atoms with van der Waals surface area (Å²) in [5.74, 6) is 1.64. The second-order valence-electron chi connectivity index (χ2n) is 2.41. The lowest BCUT2D eigenvalue weighted by Gasteiger charge is -2.04. The molecule has 1 aromatic rings. The van der Waals surface area contributed by atoms with E-state index in [1.807, 2.05) is 11.5 Å². The largest absolute Gasteiger partial charge is 0.377 e. The molecule has 0 saturated carbocycles. The van der Waals surface area contributed by atoms with Gasteiger partial charge in [0.05, 0.1) is 6.54 Å². The number of methoxy groups -OCH3 is 1. The third-order valence-corrected chi connectivity index (χ3v) is 1.68. The molecule has 0 aromatic carbocycles. The fraction of sp³-hybridized carbons (Fsp3) is 0.714. The summed E-state index contributed by atoms with van der Waals surface area (Å²) in [6.07, 6.45) is 0. The number of rotatable bonds is 4. The van der Waals surface area contributed by atoms with Crippen LogP contribution in [0.1, 0.15) is 18.6 Å². The van der Waals surface area contributed by atoms with Crippen molar-refractivity contribution >= 4 is 0 Å².